The zero-order valence-electron chi connectivity index (χ0n) is 12.2. The third-order valence-electron chi connectivity index (χ3n) is 3.24. The summed E-state index contributed by atoms with van der Waals surface area (Å²) in [4.78, 5) is 11.0. The van der Waals surface area contributed by atoms with Crippen LogP contribution in [0.5, 0.6) is 0 Å². The third kappa shape index (κ3) is 3.62. The average molecular weight is 358 g/mol. The summed E-state index contributed by atoms with van der Waals surface area (Å²) in [5.74, 6) is 0.00280. The van der Waals surface area contributed by atoms with Crippen LogP contribution in [0, 0.1) is 0 Å². The van der Waals surface area contributed by atoms with Gasteiger partial charge in [-0.15, -0.1) is 0 Å². The molecule has 2 heterocycles. The standard InChI is InChI=1S/C15H8F6N4/c16-14(17,18)8-2-3-9-10(6-8)24-12(15(19,20)21)7-11(9)25-13-22-4-1-5-23-13/h1-7H,(H,22,23,24,25). The van der Waals surface area contributed by atoms with E-state index in [2.05, 4.69) is 20.3 Å². The largest absolute Gasteiger partial charge is 0.433 e. The predicted molar refractivity (Wildman–Crippen MR) is 77.1 cm³/mol. The lowest BCUT2D eigenvalue weighted by molar-refractivity contribution is -0.140. The van der Waals surface area contributed by atoms with Gasteiger partial charge in [0.2, 0.25) is 5.95 Å². The van der Waals surface area contributed by atoms with Gasteiger partial charge in [0.05, 0.1) is 16.8 Å². The Hall–Kier alpha value is -2.91. The Balaban J connectivity index is 2.20. The van der Waals surface area contributed by atoms with Crippen molar-refractivity contribution in [2.24, 2.45) is 0 Å². The lowest BCUT2D eigenvalue weighted by atomic mass is 10.1. The Kier molecular flexibility index (Phi) is 3.97. The van der Waals surface area contributed by atoms with Gasteiger partial charge < -0.3 is 5.32 Å². The molecule has 4 nitrogen and oxygen atoms in total. The van der Waals surface area contributed by atoms with Crippen LogP contribution in [0.4, 0.5) is 38.0 Å². The number of nitrogens with zero attached hydrogens (tertiary/aromatic N) is 3. The van der Waals surface area contributed by atoms with E-state index in [1.165, 1.54) is 18.5 Å². The van der Waals surface area contributed by atoms with Crippen molar-refractivity contribution in [3.8, 4) is 0 Å². The molecule has 0 atom stereocenters. The molecule has 10 heteroatoms. The van der Waals surface area contributed by atoms with Crippen molar-refractivity contribution in [1.82, 2.24) is 15.0 Å². The Morgan fingerprint density at radius 3 is 2.12 bits per heavy atom. The molecule has 25 heavy (non-hydrogen) atoms. The van der Waals surface area contributed by atoms with Crippen molar-refractivity contribution in [3.63, 3.8) is 0 Å². The molecular formula is C15H8F6N4. The van der Waals surface area contributed by atoms with Crippen molar-refractivity contribution in [2.45, 2.75) is 12.4 Å². The van der Waals surface area contributed by atoms with Crippen LogP contribution in [0.25, 0.3) is 10.9 Å². The zero-order valence-corrected chi connectivity index (χ0v) is 12.2. The van der Waals surface area contributed by atoms with Gasteiger partial charge in [-0.1, -0.05) is 6.07 Å². The van der Waals surface area contributed by atoms with Crippen LogP contribution in [0.2, 0.25) is 0 Å². The maximum absolute atomic E-state index is 13.0. The van der Waals surface area contributed by atoms with E-state index in [0.717, 1.165) is 12.1 Å². The molecule has 0 unspecified atom stereocenters. The first kappa shape index (κ1) is 16.9. The first-order valence-electron chi connectivity index (χ1n) is 6.78. The molecule has 0 spiro atoms. The van der Waals surface area contributed by atoms with Gasteiger partial charge in [0.15, 0.2) is 0 Å². The molecule has 0 saturated heterocycles. The molecule has 3 aromatic rings. The van der Waals surface area contributed by atoms with Crippen molar-refractivity contribution in [1.29, 1.82) is 0 Å². The summed E-state index contributed by atoms with van der Waals surface area (Å²) in [5, 5.41) is 2.65. The molecule has 0 radical (unpaired) electrons. The van der Waals surface area contributed by atoms with Crippen molar-refractivity contribution < 1.29 is 26.3 Å². The van der Waals surface area contributed by atoms with Crippen LogP contribution in [0.1, 0.15) is 11.3 Å². The lowest BCUT2D eigenvalue weighted by Gasteiger charge is -2.14. The summed E-state index contributed by atoms with van der Waals surface area (Å²) in [6, 6.07) is 4.60. The second-order valence-corrected chi connectivity index (χ2v) is 4.98. The fraction of sp³-hybridized carbons (Fsp3) is 0.133. The summed E-state index contributed by atoms with van der Waals surface area (Å²) < 4.78 is 77.5. The quantitative estimate of drug-likeness (QED) is 0.668. The van der Waals surface area contributed by atoms with Crippen molar-refractivity contribution >= 4 is 22.5 Å². The van der Waals surface area contributed by atoms with Gasteiger partial charge in [0.1, 0.15) is 5.69 Å². The fourth-order valence-electron chi connectivity index (χ4n) is 2.14. The van der Waals surface area contributed by atoms with E-state index >= 15 is 0 Å². The van der Waals surface area contributed by atoms with E-state index in [0.29, 0.717) is 12.1 Å². The summed E-state index contributed by atoms with van der Waals surface area (Å²) in [6.45, 7) is 0. The maximum atomic E-state index is 13.0. The number of fused-ring (bicyclic) bond motifs is 1. The number of rotatable bonds is 2. The van der Waals surface area contributed by atoms with E-state index in [4.69, 9.17) is 0 Å². The third-order valence-corrected chi connectivity index (χ3v) is 3.24. The lowest BCUT2D eigenvalue weighted by Crippen LogP contribution is -2.10. The van der Waals surface area contributed by atoms with Crippen LogP contribution < -0.4 is 5.32 Å². The monoisotopic (exact) mass is 358 g/mol. The first-order valence-corrected chi connectivity index (χ1v) is 6.78. The number of hydrogen-bond donors (Lipinski definition) is 1. The number of halogens is 6. The van der Waals surface area contributed by atoms with Crippen LogP contribution in [0.15, 0.2) is 42.7 Å². The van der Waals surface area contributed by atoms with Crippen molar-refractivity contribution in [2.75, 3.05) is 5.32 Å². The number of nitrogens with one attached hydrogen (secondary N) is 1. The normalized spacial score (nSPS) is 12.4. The Morgan fingerprint density at radius 2 is 1.52 bits per heavy atom. The van der Waals surface area contributed by atoms with E-state index in [1.807, 2.05) is 0 Å². The number of pyridine rings is 1. The Morgan fingerprint density at radius 1 is 0.840 bits per heavy atom. The van der Waals surface area contributed by atoms with Gasteiger partial charge in [-0.05, 0) is 24.3 Å². The highest BCUT2D eigenvalue weighted by Gasteiger charge is 2.35. The fourth-order valence-corrected chi connectivity index (χ4v) is 2.14. The summed E-state index contributed by atoms with van der Waals surface area (Å²) in [7, 11) is 0. The number of hydrogen-bond acceptors (Lipinski definition) is 4. The van der Waals surface area contributed by atoms with Crippen LogP contribution in [0.3, 0.4) is 0 Å². The molecule has 0 fully saturated rings. The van der Waals surface area contributed by atoms with Gasteiger partial charge in [-0.25, -0.2) is 15.0 Å². The Labute approximate surface area is 136 Å². The minimum Gasteiger partial charge on any atom is -0.323 e. The van der Waals surface area contributed by atoms with E-state index in [9.17, 15) is 26.3 Å². The highest BCUT2D eigenvalue weighted by atomic mass is 19.4. The van der Waals surface area contributed by atoms with Gasteiger partial charge in [-0.3, -0.25) is 0 Å². The molecule has 0 bridgehead atoms. The smallest absolute Gasteiger partial charge is 0.323 e. The maximum Gasteiger partial charge on any atom is 0.433 e. The van der Waals surface area contributed by atoms with Crippen LogP contribution >= 0.6 is 0 Å². The van der Waals surface area contributed by atoms with E-state index in [-0.39, 0.29) is 17.0 Å². The highest BCUT2D eigenvalue weighted by Crippen LogP contribution is 2.36. The van der Waals surface area contributed by atoms with Crippen LogP contribution in [-0.2, 0) is 12.4 Å². The molecule has 1 N–H and O–H groups in total. The second kappa shape index (κ2) is 5.87. The molecule has 0 aliphatic heterocycles. The minimum absolute atomic E-state index is 0.00280. The Bertz CT molecular complexity index is 900. The molecule has 1 aromatic carbocycles. The average Bonchev–Trinajstić information content (AvgIpc) is 2.53. The van der Waals surface area contributed by atoms with Gasteiger partial charge in [-0.2, -0.15) is 26.3 Å². The summed E-state index contributed by atoms with van der Waals surface area (Å²) in [6.07, 6.45) is -6.78. The SMILES string of the molecule is FC(F)(F)c1ccc2c(Nc3ncccn3)cc(C(F)(F)F)nc2c1. The molecule has 130 valence electrons. The second-order valence-electron chi connectivity index (χ2n) is 4.98. The predicted octanol–water partition coefficient (Wildman–Crippen LogP) is 4.81. The van der Waals surface area contributed by atoms with Gasteiger partial charge in [0, 0.05) is 17.8 Å². The zero-order chi connectivity index (χ0) is 18.2. The molecule has 0 saturated carbocycles. The minimum atomic E-state index is -4.82. The topological polar surface area (TPSA) is 50.7 Å². The molecule has 0 amide bonds. The van der Waals surface area contributed by atoms with Gasteiger partial charge >= 0.3 is 12.4 Å². The molecular weight excluding hydrogens is 350 g/mol. The number of aromatic nitrogens is 3. The van der Waals surface area contributed by atoms with E-state index in [1.54, 1.807) is 0 Å². The highest BCUT2D eigenvalue weighted by molar-refractivity contribution is 5.93. The number of anilines is 2. The molecule has 2 aromatic heterocycles. The van der Waals surface area contributed by atoms with Crippen LogP contribution in [-0.4, -0.2) is 15.0 Å². The summed E-state index contributed by atoms with van der Waals surface area (Å²) in [5.41, 5.74) is -2.95. The van der Waals surface area contributed by atoms with E-state index < -0.39 is 29.1 Å². The summed E-state index contributed by atoms with van der Waals surface area (Å²) >= 11 is 0. The number of benzene rings is 1. The number of alkyl halides is 6. The van der Waals surface area contributed by atoms with Crippen molar-refractivity contribution in [3.05, 3.63) is 54.0 Å². The molecule has 0 aliphatic carbocycles. The molecule has 0 aliphatic rings. The first-order chi connectivity index (χ1) is 11.6. The molecule has 3 rings (SSSR count). The van der Waals surface area contributed by atoms with Gasteiger partial charge in [0.25, 0.3) is 0 Å².